The number of hydrogen-bond donors (Lipinski definition) is 1. The quantitative estimate of drug-likeness (QED) is 0.860. The lowest BCUT2D eigenvalue weighted by Crippen LogP contribution is -2.13. The zero-order chi connectivity index (χ0) is 13.3. The lowest BCUT2D eigenvalue weighted by Gasteiger charge is -2.04. The molecule has 0 spiro atoms. The first kappa shape index (κ1) is 12.8. The minimum absolute atomic E-state index is 0.0272. The van der Waals surface area contributed by atoms with E-state index >= 15 is 0 Å². The number of aryl methyl sites for hydroxylation is 1. The van der Waals surface area contributed by atoms with E-state index in [-0.39, 0.29) is 16.1 Å². The van der Waals surface area contributed by atoms with Crippen molar-refractivity contribution in [3.8, 4) is 0 Å². The summed E-state index contributed by atoms with van der Waals surface area (Å²) >= 11 is 5.48. The van der Waals surface area contributed by atoms with Gasteiger partial charge in [-0.3, -0.25) is 0 Å². The molecule has 2 aromatic rings. The van der Waals surface area contributed by atoms with E-state index in [1.807, 2.05) is 0 Å². The average Bonchev–Trinajstić information content (AvgIpc) is 2.61. The molecule has 0 saturated carbocycles. The van der Waals surface area contributed by atoms with Crippen molar-refractivity contribution < 1.29 is 12.9 Å². The van der Waals surface area contributed by atoms with E-state index in [0.717, 1.165) is 12.4 Å². The Balaban J connectivity index is 2.33. The van der Waals surface area contributed by atoms with Gasteiger partial charge >= 0.3 is 0 Å². The Kier molecular flexibility index (Phi) is 3.22. The molecule has 2 heterocycles. The molecule has 0 aromatic carbocycles. The lowest BCUT2D eigenvalue weighted by atomic mass is 10.3. The third-order valence-corrected chi connectivity index (χ3v) is 3.77. The summed E-state index contributed by atoms with van der Waals surface area (Å²) in [4.78, 5) is 7.10. The first-order valence-corrected chi connectivity index (χ1v) is 6.69. The molecule has 18 heavy (non-hydrogen) atoms. The van der Waals surface area contributed by atoms with Gasteiger partial charge in [0.25, 0.3) is 10.0 Å². The fourth-order valence-corrected chi connectivity index (χ4v) is 2.16. The van der Waals surface area contributed by atoms with Crippen molar-refractivity contribution in [1.29, 1.82) is 0 Å². The van der Waals surface area contributed by atoms with Crippen LogP contribution in [0.2, 0.25) is 5.28 Å². The molecule has 2 rings (SSSR count). The second-order valence-corrected chi connectivity index (χ2v) is 5.54. The highest BCUT2D eigenvalue weighted by Gasteiger charge is 2.19. The predicted octanol–water partition coefficient (Wildman–Crippen LogP) is 1.54. The molecule has 0 amide bonds. The monoisotopic (exact) mass is 288 g/mol. The molecule has 0 fully saturated rings. The number of sulfonamides is 1. The predicted molar refractivity (Wildman–Crippen MR) is 63.8 cm³/mol. The Bertz CT molecular complexity index is 666. The zero-order valence-corrected chi connectivity index (χ0v) is 11.1. The van der Waals surface area contributed by atoms with Crippen LogP contribution in [-0.2, 0) is 10.0 Å². The highest BCUT2D eigenvalue weighted by Crippen LogP contribution is 2.21. The number of halogens is 1. The molecule has 2 aromatic heterocycles. The molecule has 0 saturated heterocycles. The Hall–Kier alpha value is -1.67. The summed E-state index contributed by atoms with van der Waals surface area (Å²) in [6.45, 7) is 3.41. The van der Waals surface area contributed by atoms with Gasteiger partial charge in [-0.15, -0.1) is 0 Å². The second-order valence-electron chi connectivity index (χ2n) is 3.52. The molecule has 0 aliphatic rings. The molecule has 0 atom stereocenters. The van der Waals surface area contributed by atoms with Crippen molar-refractivity contribution in [2.45, 2.75) is 18.7 Å². The van der Waals surface area contributed by atoms with E-state index in [2.05, 4.69) is 19.8 Å². The summed E-state index contributed by atoms with van der Waals surface area (Å²) in [6.07, 6.45) is 2.21. The van der Waals surface area contributed by atoms with Gasteiger partial charge in [0, 0.05) is 5.56 Å². The topological polar surface area (TPSA) is 98.0 Å². The summed E-state index contributed by atoms with van der Waals surface area (Å²) in [6, 6.07) is 0. The smallest absolute Gasteiger partial charge is 0.267 e. The number of anilines is 1. The van der Waals surface area contributed by atoms with Gasteiger partial charge in [0.05, 0.1) is 18.1 Å². The molecular formula is C9H9ClN4O3S. The number of nitrogens with one attached hydrogen (secondary N) is 1. The maximum Gasteiger partial charge on any atom is 0.267 e. The van der Waals surface area contributed by atoms with Crippen molar-refractivity contribution in [3.05, 3.63) is 28.9 Å². The van der Waals surface area contributed by atoms with Gasteiger partial charge in [-0.2, -0.15) is 0 Å². The van der Waals surface area contributed by atoms with Gasteiger partial charge in [-0.25, -0.2) is 23.1 Å². The first-order valence-electron chi connectivity index (χ1n) is 4.83. The van der Waals surface area contributed by atoms with E-state index in [4.69, 9.17) is 16.1 Å². The van der Waals surface area contributed by atoms with Crippen LogP contribution in [-0.4, -0.2) is 23.5 Å². The normalized spacial score (nSPS) is 11.5. The number of hydrogen-bond acceptors (Lipinski definition) is 6. The second kappa shape index (κ2) is 4.54. The van der Waals surface area contributed by atoms with Crippen molar-refractivity contribution in [3.63, 3.8) is 0 Å². The number of nitrogens with zero attached hydrogens (tertiary/aromatic N) is 3. The summed E-state index contributed by atoms with van der Waals surface area (Å²) in [7, 11) is -3.81. The van der Waals surface area contributed by atoms with E-state index < -0.39 is 10.0 Å². The molecule has 0 unspecified atom stereocenters. The molecule has 0 bridgehead atoms. The molecule has 0 aliphatic carbocycles. The van der Waals surface area contributed by atoms with Gasteiger partial charge in [0.15, 0.2) is 0 Å². The molecule has 0 radical (unpaired) electrons. The molecule has 9 heteroatoms. The minimum atomic E-state index is -3.81. The van der Waals surface area contributed by atoms with Gasteiger partial charge in [-0.05, 0) is 25.4 Å². The van der Waals surface area contributed by atoms with Crippen LogP contribution in [0.15, 0.2) is 21.8 Å². The van der Waals surface area contributed by atoms with E-state index in [1.54, 1.807) is 13.8 Å². The number of aromatic nitrogens is 3. The van der Waals surface area contributed by atoms with Crippen LogP contribution in [0, 0.1) is 13.8 Å². The van der Waals surface area contributed by atoms with Crippen LogP contribution in [0.3, 0.4) is 0 Å². The van der Waals surface area contributed by atoms with Crippen LogP contribution in [0.4, 0.5) is 5.88 Å². The van der Waals surface area contributed by atoms with Gasteiger partial charge in [0.2, 0.25) is 11.2 Å². The van der Waals surface area contributed by atoms with E-state index in [0.29, 0.717) is 11.3 Å². The Morgan fingerprint density at radius 3 is 2.39 bits per heavy atom. The summed E-state index contributed by atoms with van der Waals surface area (Å²) in [5, 5.41) is 3.63. The fraction of sp³-hybridized carbons (Fsp3) is 0.222. The van der Waals surface area contributed by atoms with Crippen LogP contribution >= 0.6 is 11.6 Å². The van der Waals surface area contributed by atoms with E-state index in [9.17, 15) is 8.42 Å². The third-order valence-electron chi connectivity index (χ3n) is 2.29. The highest BCUT2D eigenvalue weighted by molar-refractivity contribution is 7.92. The molecule has 0 aliphatic heterocycles. The Morgan fingerprint density at radius 1 is 1.28 bits per heavy atom. The fourth-order valence-electron chi connectivity index (χ4n) is 1.13. The van der Waals surface area contributed by atoms with Crippen molar-refractivity contribution in [1.82, 2.24) is 15.1 Å². The molecule has 1 N–H and O–H groups in total. The standard InChI is InChI=1S/C9H9ClN4O3S/c1-5-6(2)13-17-8(5)14-18(15,16)7-3-11-9(10)12-4-7/h3-4,14H,1-2H3. The van der Waals surface area contributed by atoms with E-state index in [1.165, 1.54) is 0 Å². The maximum absolute atomic E-state index is 12.0. The van der Waals surface area contributed by atoms with Crippen molar-refractivity contribution in [2.75, 3.05) is 4.72 Å². The molecular weight excluding hydrogens is 280 g/mol. The summed E-state index contributed by atoms with van der Waals surface area (Å²) in [5.41, 5.74) is 1.23. The average molecular weight is 289 g/mol. The zero-order valence-electron chi connectivity index (χ0n) is 9.51. The Morgan fingerprint density at radius 2 is 1.89 bits per heavy atom. The SMILES string of the molecule is Cc1noc(NS(=O)(=O)c2cnc(Cl)nc2)c1C. The summed E-state index contributed by atoms with van der Waals surface area (Å²) < 4.78 is 31.0. The van der Waals surface area contributed by atoms with Crippen LogP contribution in [0.25, 0.3) is 0 Å². The maximum atomic E-state index is 12.0. The van der Waals surface area contributed by atoms with Crippen molar-refractivity contribution >= 4 is 27.5 Å². The minimum Gasteiger partial charge on any atom is -0.337 e. The number of rotatable bonds is 3. The Labute approximate surface area is 108 Å². The van der Waals surface area contributed by atoms with Gasteiger partial charge < -0.3 is 4.52 Å². The van der Waals surface area contributed by atoms with Crippen LogP contribution in [0.1, 0.15) is 11.3 Å². The molecule has 96 valence electrons. The first-order chi connectivity index (χ1) is 8.40. The van der Waals surface area contributed by atoms with Crippen molar-refractivity contribution in [2.24, 2.45) is 0 Å². The lowest BCUT2D eigenvalue weighted by molar-refractivity contribution is 0.430. The summed E-state index contributed by atoms with van der Waals surface area (Å²) in [5.74, 6) is 0.0717. The molecule has 7 nitrogen and oxygen atoms in total. The van der Waals surface area contributed by atoms with Gasteiger partial charge in [0.1, 0.15) is 4.90 Å². The van der Waals surface area contributed by atoms with Crippen LogP contribution in [0.5, 0.6) is 0 Å². The third kappa shape index (κ3) is 2.44. The highest BCUT2D eigenvalue weighted by atomic mass is 35.5. The van der Waals surface area contributed by atoms with Crippen LogP contribution < -0.4 is 4.72 Å². The largest absolute Gasteiger partial charge is 0.337 e. The van der Waals surface area contributed by atoms with Gasteiger partial charge in [-0.1, -0.05) is 5.16 Å².